The summed E-state index contributed by atoms with van der Waals surface area (Å²) in [7, 11) is 0. The lowest BCUT2D eigenvalue weighted by atomic mass is 10.2. The number of rotatable bonds is 5. The Labute approximate surface area is 167 Å². The van der Waals surface area contributed by atoms with E-state index in [1.54, 1.807) is 15.4 Å². The van der Waals surface area contributed by atoms with Crippen molar-refractivity contribution in [3.63, 3.8) is 0 Å². The van der Waals surface area contributed by atoms with Gasteiger partial charge in [0.05, 0.1) is 17.9 Å². The van der Waals surface area contributed by atoms with Gasteiger partial charge in [0.2, 0.25) is 5.91 Å². The van der Waals surface area contributed by atoms with E-state index < -0.39 is 0 Å². The van der Waals surface area contributed by atoms with Crippen molar-refractivity contribution in [2.45, 2.75) is 50.9 Å². The Balaban J connectivity index is 1.69. The second-order valence-electron chi connectivity index (χ2n) is 7.24. The van der Waals surface area contributed by atoms with E-state index in [4.69, 9.17) is 4.98 Å². The van der Waals surface area contributed by atoms with E-state index in [-0.39, 0.29) is 30.0 Å². The van der Waals surface area contributed by atoms with E-state index >= 15 is 0 Å². The van der Waals surface area contributed by atoms with Gasteiger partial charge in [-0.25, -0.2) is 9.67 Å². The number of carbonyl (C=O) groups excluding carboxylic acids is 1. The maximum Gasteiger partial charge on any atom is 0.265 e. The van der Waals surface area contributed by atoms with Crippen LogP contribution in [0.4, 0.5) is 0 Å². The predicted molar refractivity (Wildman–Crippen MR) is 110 cm³/mol. The highest BCUT2D eigenvalue weighted by atomic mass is 32.2. The average Bonchev–Trinajstić information content (AvgIpc) is 3.27. The molecule has 0 saturated carbocycles. The molecule has 0 spiro atoms. The maximum atomic E-state index is 13.1. The molecule has 2 atom stereocenters. The molecule has 146 valence electrons. The predicted octanol–water partition coefficient (Wildman–Crippen LogP) is 2.84. The lowest BCUT2D eigenvalue weighted by Crippen LogP contribution is -2.35. The number of amides is 1. The van der Waals surface area contributed by atoms with Gasteiger partial charge in [-0.3, -0.25) is 14.2 Å². The Bertz CT molecular complexity index is 1090. The normalized spacial score (nSPS) is 16.9. The Morgan fingerprint density at radius 1 is 1.36 bits per heavy atom. The molecule has 8 heteroatoms. The summed E-state index contributed by atoms with van der Waals surface area (Å²) in [5, 5.41) is 8.48. The molecule has 1 aromatic carbocycles. The molecule has 1 aliphatic rings. The summed E-state index contributed by atoms with van der Waals surface area (Å²) in [5.41, 5.74) is 2.44. The van der Waals surface area contributed by atoms with Crippen LogP contribution in [0.1, 0.15) is 38.3 Å². The van der Waals surface area contributed by atoms with E-state index in [0.29, 0.717) is 21.9 Å². The first-order chi connectivity index (χ1) is 13.5. The fourth-order valence-electron chi connectivity index (χ4n) is 3.31. The molecule has 0 radical (unpaired) electrons. The van der Waals surface area contributed by atoms with Gasteiger partial charge in [0.15, 0.2) is 10.8 Å². The van der Waals surface area contributed by atoms with Gasteiger partial charge in [0, 0.05) is 18.2 Å². The van der Waals surface area contributed by atoms with Crippen molar-refractivity contribution < 1.29 is 4.79 Å². The highest BCUT2D eigenvalue weighted by Crippen LogP contribution is 2.33. The summed E-state index contributed by atoms with van der Waals surface area (Å²) in [6.07, 6.45) is 2.72. The van der Waals surface area contributed by atoms with Crippen LogP contribution in [-0.2, 0) is 4.79 Å². The first-order valence-corrected chi connectivity index (χ1v) is 10.5. The van der Waals surface area contributed by atoms with Gasteiger partial charge >= 0.3 is 0 Å². The van der Waals surface area contributed by atoms with Crippen LogP contribution in [0.25, 0.3) is 16.7 Å². The fourth-order valence-corrected chi connectivity index (χ4v) is 4.44. The summed E-state index contributed by atoms with van der Waals surface area (Å²) >= 11 is 1.51. The SMILES string of the molecule is CCC(C)NC(=O)CC1CSc2nc3c(cnn3-c3ccc(C)cc3)c(=O)n21. The molecule has 2 unspecified atom stereocenters. The summed E-state index contributed by atoms with van der Waals surface area (Å²) < 4.78 is 3.35. The Hall–Kier alpha value is -2.61. The minimum absolute atomic E-state index is 0.0323. The third-order valence-corrected chi connectivity index (χ3v) is 6.19. The Kier molecular flexibility index (Phi) is 4.97. The minimum Gasteiger partial charge on any atom is -0.354 e. The van der Waals surface area contributed by atoms with Gasteiger partial charge in [-0.05, 0) is 32.4 Å². The van der Waals surface area contributed by atoms with Gasteiger partial charge in [0.25, 0.3) is 5.56 Å². The largest absolute Gasteiger partial charge is 0.354 e. The molecular weight excluding hydrogens is 374 g/mol. The molecule has 0 fully saturated rings. The summed E-state index contributed by atoms with van der Waals surface area (Å²) in [6.45, 7) is 6.03. The summed E-state index contributed by atoms with van der Waals surface area (Å²) in [5.74, 6) is 0.635. The number of thioether (sulfide) groups is 1. The molecule has 1 N–H and O–H groups in total. The van der Waals surface area contributed by atoms with Crippen molar-refractivity contribution >= 4 is 28.7 Å². The van der Waals surface area contributed by atoms with Crippen LogP contribution in [0.2, 0.25) is 0 Å². The van der Waals surface area contributed by atoms with E-state index in [2.05, 4.69) is 10.4 Å². The lowest BCUT2D eigenvalue weighted by Gasteiger charge is -2.16. The topological polar surface area (TPSA) is 81.8 Å². The van der Waals surface area contributed by atoms with Gasteiger partial charge in [-0.1, -0.05) is 36.4 Å². The van der Waals surface area contributed by atoms with Crippen molar-refractivity contribution in [3.05, 3.63) is 46.4 Å². The number of benzene rings is 1. The van der Waals surface area contributed by atoms with Gasteiger partial charge in [-0.2, -0.15) is 5.10 Å². The zero-order chi connectivity index (χ0) is 19.8. The molecular formula is C20H23N5O2S. The van der Waals surface area contributed by atoms with Crippen LogP contribution in [0, 0.1) is 6.92 Å². The first kappa shape index (κ1) is 18.7. The van der Waals surface area contributed by atoms with Crippen molar-refractivity contribution in [1.82, 2.24) is 24.6 Å². The number of hydrogen-bond acceptors (Lipinski definition) is 5. The smallest absolute Gasteiger partial charge is 0.265 e. The van der Waals surface area contributed by atoms with Gasteiger partial charge in [-0.15, -0.1) is 0 Å². The quantitative estimate of drug-likeness (QED) is 0.670. The van der Waals surface area contributed by atoms with Crippen molar-refractivity contribution in [1.29, 1.82) is 0 Å². The van der Waals surface area contributed by atoms with Crippen molar-refractivity contribution in [3.8, 4) is 5.69 Å². The third kappa shape index (κ3) is 3.32. The minimum atomic E-state index is -0.184. The van der Waals surface area contributed by atoms with Crippen molar-refractivity contribution in [2.75, 3.05) is 5.75 Å². The molecule has 0 saturated heterocycles. The molecule has 3 heterocycles. The van der Waals surface area contributed by atoms with E-state index in [0.717, 1.165) is 17.7 Å². The maximum absolute atomic E-state index is 13.1. The molecule has 3 aromatic rings. The second-order valence-corrected chi connectivity index (χ2v) is 8.23. The highest BCUT2D eigenvalue weighted by Gasteiger charge is 2.29. The van der Waals surface area contributed by atoms with E-state index in [1.807, 2.05) is 45.0 Å². The van der Waals surface area contributed by atoms with Crippen LogP contribution in [-0.4, -0.2) is 37.0 Å². The van der Waals surface area contributed by atoms with Gasteiger partial charge < -0.3 is 5.32 Å². The molecule has 7 nitrogen and oxygen atoms in total. The van der Waals surface area contributed by atoms with Crippen LogP contribution in [0.15, 0.2) is 40.4 Å². The monoisotopic (exact) mass is 397 g/mol. The summed E-state index contributed by atoms with van der Waals surface area (Å²) in [6, 6.07) is 7.88. The molecule has 1 aliphatic heterocycles. The zero-order valence-electron chi connectivity index (χ0n) is 16.2. The van der Waals surface area contributed by atoms with Crippen LogP contribution in [0.5, 0.6) is 0 Å². The van der Waals surface area contributed by atoms with Crippen LogP contribution < -0.4 is 10.9 Å². The highest BCUT2D eigenvalue weighted by molar-refractivity contribution is 7.99. The molecule has 28 heavy (non-hydrogen) atoms. The molecule has 4 rings (SSSR count). The zero-order valence-corrected chi connectivity index (χ0v) is 17.0. The summed E-state index contributed by atoms with van der Waals surface area (Å²) in [4.78, 5) is 30.1. The van der Waals surface area contributed by atoms with E-state index in [1.165, 1.54) is 11.8 Å². The number of hydrogen-bond donors (Lipinski definition) is 1. The lowest BCUT2D eigenvalue weighted by molar-refractivity contribution is -0.122. The number of carbonyl (C=O) groups is 1. The second kappa shape index (κ2) is 7.43. The number of aryl methyl sites for hydroxylation is 1. The molecule has 2 aromatic heterocycles. The number of fused-ring (bicyclic) bond motifs is 2. The van der Waals surface area contributed by atoms with Crippen molar-refractivity contribution in [2.24, 2.45) is 0 Å². The molecule has 0 bridgehead atoms. The number of aromatic nitrogens is 4. The third-order valence-electron chi connectivity index (χ3n) is 5.09. The first-order valence-electron chi connectivity index (χ1n) is 9.47. The average molecular weight is 398 g/mol. The molecule has 0 aliphatic carbocycles. The fraction of sp³-hybridized carbons (Fsp3) is 0.400. The Morgan fingerprint density at radius 3 is 2.82 bits per heavy atom. The van der Waals surface area contributed by atoms with E-state index in [9.17, 15) is 9.59 Å². The Morgan fingerprint density at radius 2 is 2.11 bits per heavy atom. The van der Waals surface area contributed by atoms with Crippen LogP contribution >= 0.6 is 11.8 Å². The van der Waals surface area contributed by atoms with Gasteiger partial charge in [0.1, 0.15) is 5.39 Å². The number of nitrogens with one attached hydrogen (secondary N) is 1. The standard InChI is InChI=1S/C20H23N5O2S/c1-4-13(3)22-17(26)9-15-11-28-20-23-18-16(19(27)24(15)20)10-21-25(18)14-7-5-12(2)6-8-14/h5-8,10,13,15H,4,9,11H2,1-3H3,(H,22,26). The number of nitrogens with zero attached hydrogens (tertiary/aromatic N) is 4. The van der Waals surface area contributed by atoms with Crippen LogP contribution in [0.3, 0.4) is 0 Å². The molecule has 1 amide bonds.